The molecule has 2 aromatic rings. The Morgan fingerprint density at radius 1 is 1.43 bits per heavy atom. The number of amides is 1. The normalized spacial score (nSPS) is 11.3. The minimum absolute atomic E-state index is 0.0927. The first-order chi connectivity index (χ1) is 11.0. The van der Waals surface area contributed by atoms with Crippen LogP contribution in [0.25, 0.3) is 6.08 Å². The minimum Gasteiger partial charge on any atom is -0.296 e. The van der Waals surface area contributed by atoms with Crippen LogP contribution in [0.4, 0.5) is 9.52 Å². The fraction of sp³-hybridized carbons (Fsp3) is 0.200. The highest BCUT2D eigenvalue weighted by Gasteiger charge is 2.13. The lowest BCUT2D eigenvalue weighted by atomic mass is 10.1. The number of aromatic nitrogens is 2. The Balaban J connectivity index is 2.10. The summed E-state index contributed by atoms with van der Waals surface area (Å²) in [6.45, 7) is 4.03. The number of carbonyl (C=O) groups is 1. The van der Waals surface area contributed by atoms with E-state index in [9.17, 15) is 9.18 Å². The molecule has 5 nitrogen and oxygen atoms in total. The Morgan fingerprint density at radius 2 is 2.13 bits per heavy atom. The summed E-state index contributed by atoms with van der Waals surface area (Å²) < 4.78 is 17.0. The second-order valence-corrected chi connectivity index (χ2v) is 7.02. The van der Waals surface area contributed by atoms with Crippen LogP contribution in [0.1, 0.15) is 19.4 Å². The maximum Gasteiger partial charge on any atom is 0.268 e. The number of thioether (sulfide) groups is 1. The highest BCUT2D eigenvalue weighted by molar-refractivity contribution is 7.99. The molecule has 8 heteroatoms. The molecule has 0 fully saturated rings. The quantitative estimate of drug-likeness (QED) is 0.506. The molecule has 1 amide bonds. The van der Waals surface area contributed by atoms with Crippen LogP contribution in [0, 0.1) is 17.1 Å². The smallest absolute Gasteiger partial charge is 0.268 e. The van der Waals surface area contributed by atoms with Crippen LogP contribution in [0.2, 0.25) is 0 Å². The van der Waals surface area contributed by atoms with Crippen LogP contribution < -0.4 is 5.32 Å². The van der Waals surface area contributed by atoms with Crippen molar-refractivity contribution in [1.29, 1.82) is 5.26 Å². The van der Waals surface area contributed by atoms with E-state index >= 15 is 0 Å². The number of benzene rings is 1. The molecule has 1 heterocycles. The molecule has 23 heavy (non-hydrogen) atoms. The van der Waals surface area contributed by atoms with E-state index in [2.05, 4.69) is 14.7 Å². The molecular formula is C15H13FN4OS2. The van der Waals surface area contributed by atoms with Gasteiger partial charge in [0.25, 0.3) is 5.91 Å². The van der Waals surface area contributed by atoms with E-state index in [1.165, 1.54) is 42.1 Å². The average Bonchev–Trinajstić information content (AvgIpc) is 2.92. The number of rotatable bonds is 5. The molecule has 0 aliphatic heterocycles. The Labute approximate surface area is 141 Å². The van der Waals surface area contributed by atoms with Crippen molar-refractivity contribution in [2.24, 2.45) is 0 Å². The van der Waals surface area contributed by atoms with E-state index in [4.69, 9.17) is 5.26 Å². The van der Waals surface area contributed by atoms with Crippen molar-refractivity contribution in [2.45, 2.75) is 24.3 Å². The molecular weight excluding hydrogens is 335 g/mol. The SMILES string of the molecule is CC(C)Sc1nsc(NC(=O)C(C#N)=Cc2ccc(F)cc2)n1. The predicted octanol–water partition coefficient (Wildman–Crippen LogP) is 3.72. The second-order valence-electron chi connectivity index (χ2n) is 4.72. The second kappa shape index (κ2) is 7.85. The van der Waals surface area contributed by atoms with E-state index in [-0.39, 0.29) is 11.4 Å². The number of nitriles is 1. The van der Waals surface area contributed by atoms with Crippen molar-refractivity contribution in [3.05, 3.63) is 41.2 Å². The number of halogens is 1. The van der Waals surface area contributed by atoms with Gasteiger partial charge in [-0.2, -0.15) is 14.6 Å². The van der Waals surface area contributed by atoms with Crippen molar-refractivity contribution in [1.82, 2.24) is 9.36 Å². The van der Waals surface area contributed by atoms with Crippen molar-refractivity contribution in [3.8, 4) is 6.07 Å². The Kier molecular flexibility index (Phi) is 5.84. The lowest BCUT2D eigenvalue weighted by Crippen LogP contribution is -2.13. The summed E-state index contributed by atoms with van der Waals surface area (Å²) in [5.74, 6) is -0.955. The molecule has 0 radical (unpaired) electrons. The van der Waals surface area contributed by atoms with Crippen molar-refractivity contribution < 1.29 is 9.18 Å². The summed E-state index contributed by atoms with van der Waals surface area (Å²) in [6.07, 6.45) is 1.39. The number of anilines is 1. The van der Waals surface area contributed by atoms with Gasteiger partial charge in [0.2, 0.25) is 10.3 Å². The zero-order valence-electron chi connectivity index (χ0n) is 12.4. The van der Waals surface area contributed by atoms with Gasteiger partial charge >= 0.3 is 0 Å². The zero-order chi connectivity index (χ0) is 16.8. The first-order valence-corrected chi connectivity index (χ1v) is 8.32. The van der Waals surface area contributed by atoms with Gasteiger partial charge in [-0.25, -0.2) is 4.39 Å². The molecule has 1 aromatic heterocycles. The molecule has 0 spiro atoms. The summed E-state index contributed by atoms with van der Waals surface area (Å²) in [5.41, 5.74) is 0.469. The van der Waals surface area contributed by atoms with Gasteiger partial charge in [0.15, 0.2) is 0 Å². The van der Waals surface area contributed by atoms with Crippen LogP contribution in [0.3, 0.4) is 0 Å². The molecule has 0 atom stereocenters. The fourth-order valence-corrected chi connectivity index (χ4v) is 2.94. The third kappa shape index (κ3) is 5.16. The van der Waals surface area contributed by atoms with E-state index in [1.807, 2.05) is 19.9 Å². The van der Waals surface area contributed by atoms with Crippen LogP contribution in [0.15, 0.2) is 35.0 Å². The van der Waals surface area contributed by atoms with Gasteiger partial charge in [-0.3, -0.25) is 10.1 Å². The summed E-state index contributed by atoms with van der Waals surface area (Å²) in [4.78, 5) is 16.3. The molecule has 1 aromatic carbocycles. The number of nitrogens with one attached hydrogen (secondary N) is 1. The summed E-state index contributed by atoms with van der Waals surface area (Å²) in [7, 11) is 0. The van der Waals surface area contributed by atoms with Crippen LogP contribution in [-0.4, -0.2) is 20.5 Å². The first-order valence-electron chi connectivity index (χ1n) is 6.67. The summed E-state index contributed by atoms with van der Waals surface area (Å²) in [6, 6.07) is 7.33. The molecule has 0 aliphatic carbocycles. The third-order valence-electron chi connectivity index (χ3n) is 2.52. The van der Waals surface area contributed by atoms with Gasteiger partial charge in [-0.15, -0.1) is 0 Å². The van der Waals surface area contributed by atoms with Crippen molar-refractivity contribution in [3.63, 3.8) is 0 Å². The fourth-order valence-electron chi connectivity index (χ4n) is 1.56. The highest BCUT2D eigenvalue weighted by atomic mass is 32.2. The molecule has 2 rings (SSSR count). The van der Waals surface area contributed by atoms with Gasteiger partial charge in [0.05, 0.1) is 0 Å². The number of hydrogen-bond donors (Lipinski definition) is 1. The molecule has 0 bridgehead atoms. The standard InChI is InChI=1S/C15H13FN4OS2/c1-9(2)22-15-19-14(23-20-15)18-13(21)11(8-17)7-10-3-5-12(16)6-4-10/h3-7,9H,1-2H3,(H,18,19,20,21). The molecule has 0 saturated heterocycles. The molecule has 0 unspecified atom stereocenters. The summed E-state index contributed by atoms with van der Waals surface area (Å²) >= 11 is 2.54. The van der Waals surface area contributed by atoms with E-state index in [0.29, 0.717) is 21.1 Å². The van der Waals surface area contributed by atoms with E-state index in [1.54, 1.807) is 0 Å². The first kappa shape index (κ1) is 17.1. The largest absolute Gasteiger partial charge is 0.296 e. The molecule has 118 valence electrons. The lowest BCUT2D eigenvalue weighted by Gasteiger charge is -2.00. The topological polar surface area (TPSA) is 78.7 Å². The van der Waals surface area contributed by atoms with Gasteiger partial charge in [0, 0.05) is 16.8 Å². The van der Waals surface area contributed by atoms with Crippen LogP contribution in [-0.2, 0) is 4.79 Å². The predicted molar refractivity (Wildman–Crippen MR) is 89.5 cm³/mol. The average molecular weight is 348 g/mol. The van der Waals surface area contributed by atoms with Gasteiger partial charge < -0.3 is 0 Å². The molecule has 0 saturated carbocycles. The van der Waals surface area contributed by atoms with E-state index < -0.39 is 5.91 Å². The summed E-state index contributed by atoms with van der Waals surface area (Å²) in [5, 5.41) is 12.9. The molecule has 0 aliphatic rings. The van der Waals surface area contributed by atoms with Crippen molar-refractivity contribution in [2.75, 3.05) is 5.32 Å². The van der Waals surface area contributed by atoms with Gasteiger partial charge in [0.1, 0.15) is 17.5 Å². The van der Waals surface area contributed by atoms with E-state index in [0.717, 1.165) is 11.5 Å². The molecule has 1 N–H and O–H groups in total. The minimum atomic E-state index is -0.575. The van der Waals surface area contributed by atoms with Gasteiger partial charge in [-0.1, -0.05) is 37.7 Å². The Hall–Kier alpha value is -2.24. The van der Waals surface area contributed by atoms with Crippen molar-refractivity contribution >= 4 is 40.4 Å². The van der Waals surface area contributed by atoms with Crippen LogP contribution >= 0.6 is 23.3 Å². The maximum absolute atomic E-state index is 12.9. The Morgan fingerprint density at radius 3 is 2.74 bits per heavy atom. The highest BCUT2D eigenvalue weighted by Crippen LogP contribution is 2.23. The number of hydrogen-bond acceptors (Lipinski definition) is 6. The third-order valence-corrected chi connectivity index (χ3v) is 4.13. The zero-order valence-corrected chi connectivity index (χ0v) is 14.0. The van der Waals surface area contributed by atoms with Crippen LogP contribution in [0.5, 0.6) is 0 Å². The maximum atomic E-state index is 12.9. The Bertz CT molecular complexity index is 763. The number of carbonyl (C=O) groups excluding carboxylic acids is 1. The lowest BCUT2D eigenvalue weighted by molar-refractivity contribution is -0.112. The number of nitrogens with zero attached hydrogens (tertiary/aromatic N) is 3. The van der Waals surface area contributed by atoms with Gasteiger partial charge in [-0.05, 0) is 23.8 Å². The monoisotopic (exact) mass is 348 g/mol.